The predicted octanol–water partition coefficient (Wildman–Crippen LogP) is 1.41. The molecule has 1 saturated heterocycles. The van der Waals surface area contributed by atoms with Crippen LogP contribution in [0.4, 0.5) is 5.82 Å². The van der Waals surface area contributed by atoms with E-state index in [4.69, 9.17) is 36.0 Å². The molecule has 3 heterocycles. The van der Waals surface area contributed by atoms with Crippen LogP contribution in [-0.4, -0.2) is 70.6 Å². The van der Waals surface area contributed by atoms with Gasteiger partial charge in [0.05, 0.1) is 17.1 Å². The molecule has 0 spiro atoms. The predicted molar refractivity (Wildman–Crippen MR) is 147 cm³/mol. The Labute approximate surface area is 248 Å². The highest BCUT2D eigenvalue weighted by molar-refractivity contribution is 7.64. The molecule has 1 aliphatic rings. The highest BCUT2D eigenvalue weighted by Gasteiger charge is 2.46. The Morgan fingerprint density at radius 3 is 2.57 bits per heavy atom. The van der Waals surface area contributed by atoms with E-state index in [0.717, 1.165) is 5.56 Å². The normalized spacial score (nSPS) is 22.0. The van der Waals surface area contributed by atoms with Gasteiger partial charge in [-0.2, -0.15) is 4.31 Å². The number of rotatable bonds is 12. The maximum Gasteiger partial charge on any atom is 0.708 e. The number of ether oxygens (including phenoxy) is 1. The van der Waals surface area contributed by atoms with Gasteiger partial charge in [-0.1, -0.05) is 24.0 Å². The van der Waals surface area contributed by atoms with Gasteiger partial charge in [0.2, 0.25) is 0 Å². The van der Waals surface area contributed by atoms with Crippen LogP contribution in [0.5, 0.6) is 0 Å². The average Bonchev–Trinajstić information content (AvgIpc) is 3.51. The van der Waals surface area contributed by atoms with Crippen molar-refractivity contribution < 1.29 is 66.3 Å². The Bertz CT molecular complexity index is 1710. The zero-order valence-electron chi connectivity index (χ0n) is 22.1. The molecule has 236 valence electrons. The van der Waals surface area contributed by atoms with Crippen molar-refractivity contribution in [2.24, 2.45) is 5.73 Å². The van der Waals surface area contributed by atoms with Crippen LogP contribution in [-0.2, 0) is 47.5 Å². The molecule has 3 unspecified atom stereocenters. The number of aliphatic hydroxyl groups excluding tert-OH is 1. The zero-order valence-corrected chi connectivity index (χ0v) is 24.8. The largest absolute Gasteiger partial charge is 0.708 e. The van der Waals surface area contributed by atoms with Crippen molar-refractivity contribution in [2.75, 3.05) is 12.3 Å². The summed E-state index contributed by atoms with van der Waals surface area (Å²) in [7, 11) is -14.3. The lowest BCUT2D eigenvalue weighted by Crippen LogP contribution is -2.32. The van der Waals surface area contributed by atoms with Crippen LogP contribution in [0, 0.1) is 11.8 Å². The second kappa shape index (κ2) is 13.9. The molecule has 0 bridgehead atoms. The number of carboxylic acid groups (broad SMARTS) is 1. The third kappa shape index (κ3) is 8.51. The van der Waals surface area contributed by atoms with Crippen LogP contribution in [0.3, 0.4) is 0 Å². The van der Waals surface area contributed by atoms with E-state index < -0.39 is 61.0 Å². The molecule has 0 radical (unpaired) electrons. The summed E-state index contributed by atoms with van der Waals surface area (Å²) >= 11 is 0. The Hall–Kier alpha value is -3.17. The Kier molecular flexibility index (Phi) is 10.6. The molecule has 1 aliphatic heterocycles. The summed E-state index contributed by atoms with van der Waals surface area (Å²) < 4.78 is 57.6. The van der Waals surface area contributed by atoms with Crippen LogP contribution in [0.1, 0.15) is 29.3 Å². The quantitative estimate of drug-likeness (QED) is 0.0617. The standard InChI is InChI=1S/C22H24N5O14P3/c23-15(22(29)30)7-13-3-1-12(2-4-13)5-6-14-9-27(21-19(14)20(24)25-11-26-21)18-8-16(28)17(38-18)10-37-42(32)40-44(35,36)41-43(33,34)39-31/h1-4,9,11,15-18,28H,7-8,10,23H2,(H5-,24,25,26,29,30,31,33,34,35,36)/p+1/t15-,16-,17+,18-/m0/s1. The van der Waals surface area contributed by atoms with E-state index in [1.54, 1.807) is 35.0 Å². The maximum absolute atomic E-state index is 11.9. The van der Waals surface area contributed by atoms with E-state index >= 15 is 0 Å². The number of benzene rings is 1. The number of fused-ring (bicyclic) bond motifs is 1. The number of aliphatic carboxylic acids is 1. The molecule has 1 aromatic carbocycles. The molecule has 2 aromatic heterocycles. The molecule has 22 heteroatoms. The van der Waals surface area contributed by atoms with E-state index in [1.165, 1.54) is 6.33 Å². The fraction of sp³-hybridized carbons (Fsp3) is 0.318. The summed E-state index contributed by atoms with van der Waals surface area (Å²) in [5.41, 5.74) is 13.8. The van der Waals surface area contributed by atoms with E-state index in [2.05, 4.69) is 35.1 Å². The van der Waals surface area contributed by atoms with Crippen LogP contribution < -0.4 is 11.5 Å². The number of anilines is 1. The first-order valence-corrected chi connectivity index (χ1v) is 16.3. The average molecular weight is 676 g/mol. The third-order valence-corrected chi connectivity index (χ3v) is 9.62. The van der Waals surface area contributed by atoms with Crippen molar-refractivity contribution in [3.8, 4) is 11.8 Å². The van der Waals surface area contributed by atoms with Gasteiger partial charge in [0, 0.05) is 22.7 Å². The van der Waals surface area contributed by atoms with E-state index in [9.17, 15) is 28.5 Å². The van der Waals surface area contributed by atoms with Gasteiger partial charge in [0.25, 0.3) is 0 Å². The Morgan fingerprint density at radius 2 is 1.91 bits per heavy atom. The van der Waals surface area contributed by atoms with Gasteiger partial charge < -0.3 is 35.9 Å². The van der Waals surface area contributed by atoms with Crippen molar-refractivity contribution in [1.82, 2.24) is 14.5 Å². The van der Waals surface area contributed by atoms with Crippen molar-refractivity contribution in [2.45, 2.75) is 37.3 Å². The number of carboxylic acids is 1. The monoisotopic (exact) mass is 676 g/mol. The van der Waals surface area contributed by atoms with Crippen LogP contribution >= 0.6 is 23.9 Å². The van der Waals surface area contributed by atoms with Gasteiger partial charge in [-0.05, 0) is 28.4 Å². The van der Waals surface area contributed by atoms with Gasteiger partial charge in [-0.3, -0.25) is 9.69 Å². The number of phosphoric acid groups is 2. The van der Waals surface area contributed by atoms with Crippen molar-refractivity contribution >= 4 is 46.7 Å². The third-order valence-electron chi connectivity index (χ3n) is 6.04. The minimum absolute atomic E-state index is 0.00466. The van der Waals surface area contributed by atoms with Gasteiger partial charge in [-0.15, -0.1) is 9.20 Å². The molecule has 19 nitrogen and oxygen atoms in total. The fourth-order valence-electron chi connectivity index (χ4n) is 4.07. The van der Waals surface area contributed by atoms with E-state index in [-0.39, 0.29) is 18.7 Å². The van der Waals surface area contributed by atoms with Crippen LogP contribution in [0.2, 0.25) is 0 Å². The fourth-order valence-corrected chi connectivity index (χ4v) is 6.75. The SMILES string of the molecule is Nc1ncnc2c1c(C#Cc1ccc(C[C@H](N)C(=O)O)cc1)cn2[C@@H]1C[C@H](O)[C@@H](CO[P+](=O)OP(=O)(O)OP(=O)(O)OO)O1. The van der Waals surface area contributed by atoms with Gasteiger partial charge in [0.1, 0.15) is 42.8 Å². The first-order valence-electron chi connectivity index (χ1n) is 12.2. The molecule has 0 amide bonds. The molecule has 9 N–H and O–H groups in total. The number of hydrogen-bond donors (Lipinski definition) is 7. The summed E-state index contributed by atoms with van der Waals surface area (Å²) in [6.45, 7) is -0.615. The first kappa shape index (κ1) is 33.7. The summed E-state index contributed by atoms with van der Waals surface area (Å²) in [6, 6.07) is 5.80. The Morgan fingerprint density at radius 1 is 1.20 bits per heavy atom. The number of hydrogen-bond acceptors (Lipinski definition) is 15. The minimum atomic E-state index is -5.47. The van der Waals surface area contributed by atoms with E-state index in [1.807, 2.05) is 0 Å². The van der Waals surface area contributed by atoms with Crippen LogP contribution in [0.25, 0.3) is 11.0 Å². The topological polar surface area (TPSA) is 298 Å². The lowest BCUT2D eigenvalue weighted by molar-refractivity contribution is -0.157. The molecule has 7 atom stereocenters. The second-order valence-electron chi connectivity index (χ2n) is 9.14. The lowest BCUT2D eigenvalue weighted by atomic mass is 10.0. The van der Waals surface area contributed by atoms with Crippen LogP contribution in [0.15, 0.2) is 36.8 Å². The van der Waals surface area contributed by atoms with Crippen molar-refractivity contribution in [1.29, 1.82) is 0 Å². The van der Waals surface area contributed by atoms with Gasteiger partial charge in [-0.25, -0.2) is 24.4 Å². The highest BCUT2D eigenvalue weighted by atomic mass is 31.3. The number of aromatic nitrogens is 3. The van der Waals surface area contributed by atoms with E-state index in [0.29, 0.717) is 22.2 Å². The summed E-state index contributed by atoms with van der Waals surface area (Å²) in [4.78, 5) is 37.5. The summed E-state index contributed by atoms with van der Waals surface area (Å²) in [6.07, 6.45) is -0.195. The maximum atomic E-state index is 11.9. The summed E-state index contributed by atoms with van der Waals surface area (Å²) in [5, 5.41) is 28.1. The molecular formula is C22H25N5O14P3+. The molecule has 4 rings (SSSR count). The smallest absolute Gasteiger partial charge is 0.480 e. The van der Waals surface area contributed by atoms with Gasteiger partial charge >= 0.3 is 29.9 Å². The highest BCUT2D eigenvalue weighted by Crippen LogP contribution is 2.63. The zero-order chi connectivity index (χ0) is 32.2. The van der Waals surface area contributed by atoms with Gasteiger partial charge in [0.15, 0.2) is 0 Å². The first-order chi connectivity index (χ1) is 20.7. The molecule has 0 saturated carbocycles. The molecule has 0 aliphatic carbocycles. The number of carbonyl (C=O) groups is 1. The number of nitrogen functional groups attached to an aromatic ring is 1. The Balaban J connectivity index is 1.47. The van der Waals surface area contributed by atoms with Crippen molar-refractivity contribution in [3.05, 3.63) is 53.5 Å². The number of aliphatic hydroxyl groups is 1. The minimum Gasteiger partial charge on any atom is -0.480 e. The molecule has 44 heavy (non-hydrogen) atoms. The number of nitrogens with two attached hydrogens (primary N) is 2. The number of nitrogens with zero attached hydrogens (tertiary/aromatic N) is 3. The summed E-state index contributed by atoms with van der Waals surface area (Å²) in [5.74, 6) is 5.00. The van der Waals surface area contributed by atoms with Crippen molar-refractivity contribution in [3.63, 3.8) is 0 Å². The second-order valence-corrected chi connectivity index (χ2v) is 13.2. The molecular weight excluding hydrogens is 651 g/mol. The lowest BCUT2D eigenvalue weighted by Gasteiger charge is -2.14. The molecule has 1 fully saturated rings. The molecule has 3 aromatic rings.